The molecule has 0 saturated heterocycles. The van der Waals surface area contributed by atoms with E-state index in [0.717, 1.165) is 16.1 Å². The summed E-state index contributed by atoms with van der Waals surface area (Å²) in [7, 11) is 0. The minimum atomic E-state index is 0. The average molecular weight is 192 g/mol. The molecule has 0 atom stereocenters. The standard InChI is InChI=1S/C8H10ClN.ClH/c1-6-2-7(5-10)4-8(9)3-6;/h2-4H,5,10H2,1H3;1H. The number of benzene rings is 1. The molecule has 0 aliphatic heterocycles. The van der Waals surface area contributed by atoms with E-state index in [1.54, 1.807) is 0 Å². The summed E-state index contributed by atoms with van der Waals surface area (Å²) in [6.45, 7) is 2.56. The normalized spacial score (nSPS) is 9.00. The molecule has 0 heterocycles. The van der Waals surface area contributed by atoms with E-state index in [0.29, 0.717) is 6.54 Å². The molecule has 0 fully saturated rings. The van der Waals surface area contributed by atoms with Gasteiger partial charge in [-0.05, 0) is 30.2 Å². The Kier molecular flexibility index (Phi) is 4.50. The highest BCUT2D eigenvalue weighted by molar-refractivity contribution is 6.30. The summed E-state index contributed by atoms with van der Waals surface area (Å²) in [6, 6.07) is 5.83. The fourth-order valence-electron chi connectivity index (χ4n) is 0.930. The van der Waals surface area contributed by atoms with E-state index >= 15 is 0 Å². The second kappa shape index (κ2) is 4.60. The van der Waals surface area contributed by atoms with E-state index in [-0.39, 0.29) is 12.4 Å². The summed E-state index contributed by atoms with van der Waals surface area (Å²) in [6.07, 6.45) is 0. The average Bonchev–Trinajstić information content (AvgIpc) is 1.85. The van der Waals surface area contributed by atoms with Gasteiger partial charge in [0.2, 0.25) is 0 Å². The van der Waals surface area contributed by atoms with Gasteiger partial charge in [-0.2, -0.15) is 0 Å². The van der Waals surface area contributed by atoms with Crippen molar-refractivity contribution in [3.8, 4) is 0 Å². The molecular formula is C8H11Cl2N. The van der Waals surface area contributed by atoms with E-state index in [2.05, 4.69) is 0 Å². The minimum absolute atomic E-state index is 0. The van der Waals surface area contributed by atoms with Crippen LogP contribution in [0.15, 0.2) is 18.2 Å². The highest BCUT2D eigenvalue weighted by Gasteiger charge is 1.92. The molecule has 0 spiro atoms. The second-order valence-electron chi connectivity index (χ2n) is 2.34. The molecule has 0 bridgehead atoms. The third-order valence-electron chi connectivity index (χ3n) is 1.34. The van der Waals surface area contributed by atoms with Crippen molar-refractivity contribution in [1.29, 1.82) is 0 Å². The SMILES string of the molecule is Cc1cc(Cl)cc(CN)c1.Cl. The Morgan fingerprint density at radius 3 is 2.45 bits per heavy atom. The quantitative estimate of drug-likeness (QED) is 0.726. The molecule has 0 radical (unpaired) electrons. The van der Waals surface area contributed by atoms with Gasteiger partial charge in [-0.15, -0.1) is 12.4 Å². The van der Waals surface area contributed by atoms with Crippen LogP contribution in [0, 0.1) is 6.92 Å². The fraction of sp³-hybridized carbons (Fsp3) is 0.250. The van der Waals surface area contributed by atoms with Crippen molar-refractivity contribution in [2.24, 2.45) is 5.73 Å². The maximum Gasteiger partial charge on any atom is 0.0411 e. The molecule has 62 valence electrons. The third kappa shape index (κ3) is 3.10. The van der Waals surface area contributed by atoms with Crippen molar-refractivity contribution in [2.45, 2.75) is 13.5 Å². The lowest BCUT2D eigenvalue weighted by molar-refractivity contribution is 1.07. The zero-order chi connectivity index (χ0) is 7.56. The van der Waals surface area contributed by atoms with E-state index in [1.165, 1.54) is 0 Å². The molecule has 3 heteroatoms. The molecule has 1 aromatic carbocycles. The zero-order valence-electron chi connectivity index (χ0n) is 6.30. The minimum Gasteiger partial charge on any atom is -0.326 e. The van der Waals surface area contributed by atoms with Crippen LogP contribution in [0.3, 0.4) is 0 Å². The summed E-state index contributed by atoms with van der Waals surface area (Å²) in [4.78, 5) is 0. The molecule has 1 rings (SSSR count). The Hall–Kier alpha value is -0.240. The Morgan fingerprint density at radius 2 is 2.00 bits per heavy atom. The maximum absolute atomic E-state index is 5.77. The van der Waals surface area contributed by atoms with Crippen LogP contribution in [0.1, 0.15) is 11.1 Å². The Labute approximate surface area is 78.0 Å². The molecule has 0 saturated carbocycles. The van der Waals surface area contributed by atoms with Gasteiger partial charge in [-0.1, -0.05) is 17.7 Å². The predicted octanol–water partition coefficient (Wildman–Crippen LogP) is 2.53. The van der Waals surface area contributed by atoms with Crippen LogP contribution >= 0.6 is 24.0 Å². The molecule has 0 unspecified atom stereocenters. The van der Waals surface area contributed by atoms with Crippen LogP contribution in [0.5, 0.6) is 0 Å². The molecular weight excluding hydrogens is 181 g/mol. The highest BCUT2D eigenvalue weighted by atomic mass is 35.5. The van der Waals surface area contributed by atoms with Gasteiger partial charge in [-0.3, -0.25) is 0 Å². The Bertz CT molecular complexity index is 215. The van der Waals surface area contributed by atoms with E-state index in [1.807, 2.05) is 25.1 Å². The van der Waals surface area contributed by atoms with E-state index in [4.69, 9.17) is 17.3 Å². The molecule has 0 aliphatic rings. The maximum atomic E-state index is 5.77. The largest absolute Gasteiger partial charge is 0.326 e. The number of halogens is 2. The lowest BCUT2D eigenvalue weighted by Crippen LogP contribution is -1.95. The van der Waals surface area contributed by atoms with Crippen LogP contribution in [-0.4, -0.2) is 0 Å². The Balaban J connectivity index is 0.000001000. The van der Waals surface area contributed by atoms with Gasteiger partial charge < -0.3 is 5.73 Å². The zero-order valence-corrected chi connectivity index (χ0v) is 7.88. The van der Waals surface area contributed by atoms with Gasteiger partial charge in [-0.25, -0.2) is 0 Å². The molecule has 0 aromatic heterocycles. The van der Waals surface area contributed by atoms with Crippen molar-refractivity contribution in [2.75, 3.05) is 0 Å². The van der Waals surface area contributed by atoms with Gasteiger partial charge in [0.05, 0.1) is 0 Å². The number of hydrogen-bond donors (Lipinski definition) is 1. The van der Waals surface area contributed by atoms with E-state index < -0.39 is 0 Å². The second-order valence-corrected chi connectivity index (χ2v) is 2.78. The number of hydrogen-bond acceptors (Lipinski definition) is 1. The third-order valence-corrected chi connectivity index (χ3v) is 1.56. The summed E-state index contributed by atoms with van der Waals surface area (Å²) < 4.78 is 0. The van der Waals surface area contributed by atoms with Gasteiger partial charge in [0.1, 0.15) is 0 Å². The molecule has 2 N–H and O–H groups in total. The van der Waals surface area contributed by atoms with Crippen molar-refractivity contribution in [3.05, 3.63) is 34.3 Å². The monoisotopic (exact) mass is 191 g/mol. The van der Waals surface area contributed by atoms with E-state index in [9.17, 15) is 0 Å². The fourth-order valence-corrected chi connectivity index (χ4v) is 1.24. The summed E-state index contributed by atoms with van der Waals surface area (Å²) in [5, 5.41) is 0.764. The van der Waals surface area contributed by atoms with Crippen molar-refractivity contribution < 1.29 is 0 Å². The van der Waals surface area contributed by atoms with Crippen molar-refractivity contribution in [1.82, 2.24) is 0 Å². The van der Waals surface area contributed by atoms with Gasteiger partial charge in [0, 0.05) is 11.6 Å². The molecule has 0 aliphatic carbocycles. The molecule has 1 nitrogen and oxygen atoms in total. The first kappa shape index (κ1) is 10.8. The van der Waals surface area contributed by atoms with Crippen molar-refractivity contribution in [3.63, 3.8) is 0 Å². The van der Waals surface area contributed by atoms with Crippen LogP contribution in [0.4, 0.5) is 0 Å². The molecule has 1 aromatic rings. The summed E-state index contributed by atoms with van der Waals surface area (Å²) in [5.41, 5.74) is 7.68. The lowest BCUT2D eigenvalue weighted by Gasteiger charge is -1.98. The first-order valence-corrected chi connectivity index (χ1v) is 3.56. The topological polar surface area (TPSA) is 26.0 Å². The summed E-state index contributed by atoms with van der Waals surface area (Å²) >= 11 is 5.77. The Morgan fingerprint density at radius 1 is 1.36 bits per heavy atom. The predicted molar refractivity (Wildman–Crippen MR) is 51.3 cm³/mol. The lowest BCUT2D eigenvalue weighted by atomic mass is 10.1. The number of nitrogens with two attached hydrogens (primary N) is 1. The van der Waals surface area contributed by atoms with Crippen LogP contribution < -0.4 is 5.73 Å². The van der Waals surface area contributed by atoms with Crippen LogP contribution in [0.25, 0.3) is 0 Å². The summed E-state index contributed by atoms with van der Waals surface area (Å²) in [5.74, 6) is 0. The molecule has 11 heavy (non-hydrogen) atoms. The molecule has 0 amide bonds. The van der Waals surface area contributed by atoms with Crippen molar-refractivity contribution >= 4 is 24.0 Å². The number of aryl methyl sites for hydroxylation is 1. The van der Waals surface area contributed by atoms with Gasteiger partial charge in [0.15, 0.2) is 0 Å². The van der Waals surface area contributed by atoms with Gasteiger partial charge in [0.25, 0.3) is 0 Å². The van der Waals surface area contributed by atoms with Gasteiger partial charge >= 0.3 is 0 Å². The van der Waals surface area contributed by atoms with Crippen LogP contribution in [-0.2, 0) is 6.54 Å². The smallest absolute Gasteiger partial charge is 0.0411 e. The first-order valence-electron chi connectivity index (χ1n) is 3.18. The number of rotatable bonds is 1. The van der Waals surface area contributed by atoms with Crippen LogP contribution in [0.2, 0.25) is 5.02 Å². The first-order chi connectivity index (χ1) is 4.72. The highest BCUT2D eigenvalue weighted by Crippen LogP contribution is 2.13.